The van der Waals surface area contributed by atoms with E-state index < -0.39 is 5.91 Å². The number of rotatable bonds is 6. The maximum Gasteiger partial charge on any atom is 0.252 e. The fourth-order valence-corrected chi connectivity index (χ4v) is 2.17. The second kappa shape index (κ2) is 7.26. The Morgan fingerprint density at radius 1 is 1.35 bits per heavy atom. The van der Waals surface area contributed by atoms with E-state index in [9.17, 15) is 4.79 Å². The molecule has 20 heavy (non-hydrogen) atoms. The number of aryl methyl sites for hydroxylation is 1. The summed E-state index contributed by atoms with van der Waals surface area (Å²) in [5.74, 6) is 0.0349. The number of amides is 1. The third kappa shape index (κ3) is 4.21. The number of benzene rings is 1. The third-order valence-electron chi connectivity index (χ3n) is 3.26. The largest absolute Gasteiger partial charge is 0.490 e. The Bertz CT molecular complexity index is 455. The van der Waals surface area contributed by atoms with Gasteiger partial charge >= 0.3 is 0 Å². The van der Waals surface area contributed by atoms with Gasteiger partial charge in [-0.1, -0.05) is 11.6 Å². The van der Waals surface area contributed by atoms with Gasteiger partial charge in [-0.05, 0) is 31.9 Å². The van der Waals surface area contributed by atoms with E-state index in [2.05, 4.69) is 0 Å². The molecule has 1 aromatic carbocycles. The molecule has 1 fully saturated rings. The SMILES string of the molecule is Cc1ccc(OCCOC2CCOCC2)c(C(N)=O)c1. The van der Waals surface area contributed by atoms with Crippen LogP contribution in [0.4, 0.5) is 0 Å². The van der Waals surface area contributed by atoms with Crippen molar-refractivity contribution in [3.8, 4) is 5.75 Å². The molecule has 0 spiro atoms. The standard InChI is InChI=1S/C15H21NO4/c1-11-2-3-14(13(10-11)15(16)17)20-9-8-19-12-4-6-18-7-5-12/h2-3,10,12H,4-9H2,1H3,(H2,16,17). The molecule has 1 heterocycles. The van der Waals surface area contributed by atoms with Crippen molar-refractivity contribution < 1.29 is 19.0 Å². The Kier molecular flexibility index (Phi) is 5.38. The molecule has 0 atom stereocenters. The first-order valence-corrected chi connectivity index (χ1v) is 6.89. The van der Waals surface area contributed by atoms with Crippen molar-refractivity contribution in [3.05, 3.63) is 29.3 Å². The summed E-state index contributed by atoms with van der Waals surface area (Å²) in [7, 11) is 0. The van der Waals surface area contributed by atoms with Crippen molar-refractivity contribution in [3.63, 3.8) is 0 Å². The summed E-state index contributed by atoms with van der Waals surface area (Å²) in [6.07, 6.45) is 2.11. The minimum Gasteiger partial charge on any atom is -0.490 e. The van der Waals surface area contributed by atoms with Crippen molar-refractivity contribution in [2.75, 3.05) is 26.4 Å². The van der Waals surface area contributed by atoms with E-state index in [0.29, 0.717) is 24.5 Å². The quantitative estimate of drug-likeness (QED) is 0.804. The maximum atomic E-state index is 11.4. The van der Waals surface area contributed by atoms with Gasteiger partial charge in [-0.25, -0.2) is 0 Å². The van der Waals surface area contributed by atoms with Crippen LogP contribution in [0.3, 0.4) is 0 Å². The highest BCUT2D eigenvalue weighted by Crippen LogP contribution is 2.19. The van der Waals surface area contributed by atoms with E-state index in [4.69, 9.17) is 19.9 Å². The van der Waals surface area contributed by atoms with Crippen molar-refractivity contribution >= 4 is 5.91 Å². The molecule has 0 bridgehead atoms. The van der Waals surface area contributed by atoms with Gasteiger partial charge in [-0.2, -0.15) is 0 Å². The van der Waals surface area contributed by atoms with Crippen molar-refractivity contribution in [1.82, 2.24) is 0 Å². The number of primary amides is 1. The molecule has 0 unspecified atom stereocenters. The number of ether oxygens (including phenoxy) is 3. The van der Waals surface area contributed by atoms with Crippen LogP contribution in [0, 0.1) is 6.92 Å². The summed E-state index contributed by atoms with van der Waals surface area (Å²) in [5.41, 5.74) is 6.73. The van der Waals surface area contributed by atoms with E-state index in [-0.39, 0.29) is 6.10 Å². The molecule has 1 amide bonds. The molecule has 1 saturated heterocycles. The smallest absolute Gasteiger partial charge is 0.252 e. The summed E-state index contributed by atoms with van der Waals surface area (Å²) in [4.78, 5) is 11.4. The molecular weight excluding hydrogens is 258 g/mol. The summed E-state index contributed by atoms with van der Waals surface area (Å²) in [5, 5.41) is 0. The minimum atomic E-state index is -0.478. The Balaban J connectivity index is 1.80. The van der Waals surface area contributed by atoms with Crippen LogP contribution in [-0.2, 0) is 9.47 Å². The molecule has 5 heteroatoms. The summed E-state index contributed by atoms with van der Waals surface area (Å²) < 4.78 is 16.6. The van der Waals surface area contributed by atoms with Gasteiger partial charge in [0.05, 0.1) is 18.3 Å². The summed E-state index contributed by atoms with van der Waals surface area (Å²) in [6.45, 7) is 4.33. The second-order valence-electron chi connectivity index (χ2n) is 4.89. The zero-order chi connectivity index (χ0) is 14.4. The highest BCUT2D eigenvalue weighted by Gasteiger charge is 2.14. The lowest BCUT2D eigenvalue weighted by Crippen LogP contribution is -2.25. The Labute approximate surface area is 119 Å². The first kappa shape index (κ1) is 14.8. The van der Waals surface area contributed by atoms with Crippen LogP contribution in [0.1, 0.15) is 28.8 Å². The van der Waals surface area contributed by atoms with Crippen molar-refractivity contribution in [2.24, 2.45) is 5.73 Å². The third-order valence-corrected chi connectivity index (χ3v) is 3.26. The molecule has 110 valence electrons. The van der Waals surface area contributed by atoms with Gasteiger partial charge < -0.3 is 19.9 Å². The number of nitrogens with two attached hydrogens (primary N) is 1. The van der Waals surface area contributed by atoms with Gasteiger partial charge in [0.25, 0.3) is 5.91 Å². The van der Waals surface area contributed by atoms with Crippen LogP contribution in [0.25, 0.3) is 0 Å². The monoisotopic (exact) mass is 279 g/mol. The molecule has 2 rings (SSSR count). The van der Waals surface area contributed by atoms with E-state index in [1.165, 1.54) is 0 Å². The van der Waals surface area contributed by atoms with E-state index >= 15 is 0 Å². The lowest BCUT2D eigenvalue weighted by molar-refractivity contribution is -0.0388. The molecule has 1 aromatic rings. The van der Waals surface area contributed by atoms with Crippen LogP contribution in [0.2, 0.25) is 0 Å². The fraction of sp³-hybridized carbons (Fsp3) is 0.533. The molecule has 0 saturated carbocycles. The van der Waals surface area contributed by atoms with Crippen LogP contribution in [0.15, 0.2) is 18.2 Å². The van der Waals surface area contributed by atoms with Crippen molar-refractivity contribution in [1.29, 1.82) is 0 Å². The van der Waals surface area contributed by atoms with Crippen LogP contribution >= 0.6 is 0 Å². The van der Waals surface area contributed by atoms with Gasteiger partial charge in [0.2, 0.25) is 0 Å². The molecule has 1 aliphatic rings. The first-order chi connectivity index (χ1) is 9.66. The predicted molar refractivity (Wildman–Crippen MR) is 75.0 cm³/mol. The lowest BCUT2D eigenvalue weighted by atomic mass is 10.1. The summed E-state index contributed by atoms with van der Waals surface area (Å²) in [6, 6.07) is 5.39. The molecular formula is C15H21NO4. The van der Waals surface area contributed by atoms with Crippen LogP contribution in [0.5, 0.6) is 5.75 Å². The summed E-state index contributed by atoms with van der Waals surface area (Å²) >= 11 is 0. The molecule has 5 nitrogen and oxygen atoms in total. The fourth-order valence-electron chi connectivity index (χ4n) is 2.17. The predicted octanol–water partition coefficient (Wildman–Crippen LogP) is 1.67. The normalized spacial score (nSPS) is 16.1. The Hall–Kier alpha value is -1.59. The second-order valence-corrected chi connectivity index (χ2v) is 4.89. The molecule has 1 aliphatic heterocycles. The number of hydrogen-bond acceptors (Lipinski definition) is 4. The van der Waals surface area contributed by atoms with Gasteiger partial charge in [0.1, 0.15) is 12.4 Å². The van der Waals surface area contributed by atoms with Crippen LogP contribution < -0.4 is 10.5 Å². The molecule has 0 aromatic heterocycles. The zero-order valence-corrected chi connectivity index (χ0v) is 11.8. The molecule has 2 N–H and O–H groups in total. The van der Waals surface area contributed by atoms with Gasteiger partial charge in [0.15, 0.2) is 0 Å². The topological polar surface area (TPSA) is 70.8 Å². The number of hydrogen-bond donors (Lipinski definition) is 1. The van der Waals surface area contributed by atoms with Crippen LogP contribution in [-0.4, -0.2) is 38.4 Å². The van der Waals surface area contributed by atoms with E-state index in [0.717, 1.165) is 31.6 Å². The van der Waals surface area contributed by atoms with E-state index in [1.807, 2.05) is 13.0 Å². The highest BCUT2D eigenvalue weighted by atomic mass is 16.5. The lowest BCUT2D eigenvalue weighted by Gasteiger charge is -2.22. The number of carbonyl (C=O) groups is 1. The minimum absolute atomic E-state index is 0.251. The Morgan fingerprint density at radius 2 is 2.10 bits per heavy atom. The average molecular weight is 279 g/mol. The zero-order valence-electron chi connectivity index (χ0n) is 11.8. The van der Waals surface area contributed by atoms with Gasteiger partial charge in [0, 0.05) is 13.2 Å². The average Bonchev–Trinajstić information content (AvgIpc) is 2.45. The van der Waals surface area contributed by atoms with Gasteiger partial charge in [-0.15, -0.1) is 0 Å². The molecule has 0 aliphatic carbocycles. The van der Waals surface area contributed by atoms with E-state index in [1.54, 1.807) is 12.1 Å². The first-order valence-electron chi connectivity index (χ1n) is 6.89. The van der Waals surface area contributed by atoms with Gasteiger partial charge in [-0.3, -0.25) is 4.79 Å². The number of carbonyl (C=O) groups excluding carboxylic acids is 1. The Morgan fingerprint density at radius 3 is 2.80 bits per heavy atom. The maximum absolute atomic E-state index is 11.4. The highest BCUT2D eigenvalue weighted by molar-refractivity contribution is 5.95. The molecule has 0 radical (unpaired) electrons. The van der Waals surface area contributed by atoms with Crippen molar-refractivity contribution in [2.45, 2.75) is 25.9 Å².